The van der Waals surface area contributed by atoms with Gasteiger partial charge in [0.1, 0.15) is 0 Å². The first-order chi connectivity index (χ1) is 13.6. The Morgan fingerprint density at radius 2 is 1.86 bits per heavy atom. The van der Waals surface area contributed by atoms with Gasteiger partial charge in [0.05, 0.1) is 0 Å². The molecule has 1 saturated carbocycles. The second kappa shape index (κ2) is 6.69. The molecule has 28 heavy (non-hydrogen) atoms. The molecular formula is C22H25N5O. The molecule has 6 heteroatoms. The quantitative estimate of drug-likeness (QED) is 0.703. The SMILES string of the molecule is CC(C)c1ccccc1[C@@H]1C[C@@H]2CN(C(=O)c3nc4ncccn4n3)C[C@@H]2C1. The average molecular weight is 375 g/mol. The van der Waals surface area contributed by atoms with Crippen molar-refractivity contribution in [1.29, 1.82) is 0 Å². The van der Waals surface area contributed by atoms with Gasteiger partial charge >= 0.3 is 0 Å². The number of hydrogen-bond acceptors (Lipinski definition) is 4. The molecule has 2 aliphatic rings. The molecule has 1 amide bonds. The molecule has 0 unspecified atom stereocenters. The summed E-state index contributed by atoms with van der Waals surface area (Å²) in [5.41, 5.74) is 2.99. The van der Waals surface area contributed by atoms with Crippen molar-refractivity contribution in [3.63, 3.8) is 0 Å². The van der Waals surface area contributed by atoms with Gasteiger partial charge in [0.2, 0.25) is 5.82 Å². The number of likely N-dealkylation sites (tertiary alicyclic amines) is 1. The van der Waals surface area contributed by atoms with E-state index in [4.69, 9.17) is 0 Å². The zero-order valence-electron chi connectivity index (χ0n) is 16.3. The molecule has 1 saturated heterocycles. The van der Waals surface area contributed by atoms with Crippen molar-refractivity contribution >= 4 is 11.7 Å². The standard InChI is InChI=1S/C22H25N5O/c1-14(2)18-6-3-4-7-19(18)15-10-16-12-26(13-17(16)11-15)21(28)20-24-22-23-8-5-9-27(22)25-20/h3-9,14-17H,10-13H2,1-2H3/t15-,16-,17+. The first-order valence-corrected chi connectivity index (χ1v) is 10.2. The Balaban J connectivity index is 1.30. The van der Waals surface area contributed by atoms with Gasteiger partial charge < -0.3 is 4.90 Å². The molecule has 0 spiro atoms. The van der Waals surface area contributed by atoms with E-state index in [0.717, 1.165) is 13.1 Å². The van der Waals surface area contributed by atoms with Gasteiger partial charge in [0.25, 0.3) is 11.7 Å². The minimum atomic E-state index is -0.0703. The topological polar surface area (TPSA) is 63.4 Å². The highest BCUT2D eigenvalue weighted by Gasteiger charge is 2.43. The van der Waals surface area contributed by atoms with Crippen LogP contribution in [0.4, 0.5) is 0 Å². The summed E-state index contributed by atoms with van der Waals surface area (Å²) in [5, 5.41) is 4.30. The first kappa shape index (κ1) is 17.3. The van der Waals surface area contributed by atoms with Crippen LogP contribution in [0.25, 0.3) is 5.78 Å². The number of aromatic nitrogens is 4. The van der Waals surface area contributed by atoms with E-state index in [-0.39, 0.29) is 11.7 Å². The van der Waals surface area contributed by atoms with E-state index >= 15 is 0 Å². The summed E-state index contributed by atoms with van der Waals surface area (Å²) in [5.74, 6) is 2.96. The van der Waals surface area contributed by atoms with Crippen LogP contribution in [0.5, 0.6) is 0 Å². The fourth-order valence-corrected chi connectivity index (χ4v) is 5.09. The molecule has 3 aromatic rings. The van der Waals surface area contributed by atoms with Crippen molar-refractivity contribution in [2.24, 2.45) is 11.8 Å². The van der Waals surface area contributed by atoms with Crippen LogP contribution in [0.3, 0.4) is 0 Å². The van der Waals surface area contributed by atoms with Gasteiger partial charge in [-0.25, -0.2) is 9.50 Å². The third-order valence-electron chi connectivity index (χ3n) is 6.40. The van der Waals surface area contributed by atoms with Gasteiger partial charge in [-0.15, -0.1) is 5.10 Å². The summed E-state index contributed by atoms with van der Waals surface area (Å²) in [7, 11) is 0. The predicted octanol–water partition coefficient (Wildman–Crippen LogP) is 3.51. The molecule has 0 radical (unpaired) electrons. The van der Waals surface area contributed by atoms with E-state index in [1.165, 1.54) is 24.0 Å². The number of amides is 1. The van der Waals surface area contributed by atoms with Crippen molar-refractivity contribution in [2.45, 2.75) is 38.5 Å². The van der Waals surface area contributed by atoms with E-state index in [2.05, 4.69) is 53.2 Å². The number of hydrogen-bond donors (Lipinski definition) is 0. The molecule has 5 rings (SSSR count). The van der Waals surface area contributed by atoms with Gasteiger partial charge in [-0.1, -0.05) is 38.1 Å². The maximum atomic E-state index is 12.9. The summed E-state index contributed by atoms with van der Waals surface area (Å²) in [6.07, 6.45) is 5.76. The van der Waals surface area contributed by atoms with Crippen molar-refractivity contribution in [2.75, 3.05) is 13.1 Å². The van der Waals surface area contributed by atoms with Crippen LogP contribution >= 0.6 is 0 Å². The van der Waals surface area contributed by atoms with Crippen molar-refractivity contribution in [1.82, 2.24) is 24.5 Å². The predicted molar refractivity (Wildman–Crippen MR) is 106 cm³/mol. The highest BCUT2D eigenvalue weighted by molar-refractivity contribution is 5.91. The molecule has 144 valence electrons. The fraction of sp³-hybridized carbons (Fsp3) is 0.455. The number of carbonyl (C=O) groups is 1. The van der Waals surface area contributed by atoms with E-state index in [0.29, 0.717) is 29.4 Å². The van der Waals surface area contributed by atoms with Crippen LogP contribution in [0.2, 0.25) is 0 Å². The van der Waals surface area contributed by atoms with E-state index < -0.39 is 0 Å². The van der Waals surface area contributed by atoms with Crippen LogP contribution in [-0.2, 0) is 0 Å². The lowest BCUT2D eigenvalue weighted by atomic mass is 9.87. The van der Waals surface area contributed by atoms with Gasteiger partial charge in [0, 0.05) is 25.5 Å². The monoisotopic (exact) mass is 375 g/mol. The molecule has 3 atom stereocenters. The molecule has 1 aliphatic heterocycles. The summed E-state index contributed by atoms with van der Waals surface area (Å²) in [4.78, 5) is 23.3. The largest absolute Gasteiger partial charge is 0.335 e. The van der Waals surface area contributed by atoms with Crippen molar-refractivity contribution in [3.05, 3.63) is 59.7 Å². The first-order valence-electron chi connectivity index (χ1n) is 10.2. The molecule has 3 heterocycles. The highest BCUT2D eigenvalue weighted by Crippen LogP contribution is 2.47. The lowest BCUT2D eigenvalue weighted by Crippen LogP contribution is -2.30. The number of nitrogens with zero attached hydrogens (tertiary/aromatic N) is 5. The molecule has 2 fully saturated rings. The van der Waals surface area contributed by atoms with Gasteiger partial charge in [-0.05, 0) is 53.7 Å². The van der Waals surface area contributed by atoms with E-state index in [1.807, 2.05) is 4.90 Å². The second-order valence-electron chi connectivity index (χ2n) is 8.48. The highest BCUT2D eigenvalue weighted by atomic mass is 16.2. The van der Waals surface area contributed by atoms with Gasteiger partial charge in [-0.2, -0.15) is 4.98 Å². The van der Waals surface area contributed by atoms with Crippen LogP contribution in [0, 0.1) is 11.8 Å². The minimum absolute atomic E-state index is 0.0703. The van der Waals surface area contributed by atoms with E-state index in [9.17, 15) is 4.79 Å². The fourth-order valence-electron chi connectivity index (χ4n) is 5.09. The molecule has 2 aromatic heterocycles. The summed E-state index contributed by atoms with van der Waals surface area (Å²) >= 11 is 0. The zero-order chi connectivity index (χ0) is 19.3. The third-order valence-corrected chi connectivity index (χ3v) is 6.40. The Morgan fingerprint density at radius 3 is 2.57 bits per heavy atom. The Kier molecular flexibility index (Phi) is 4.14. The summed E-state index contributed by atoms with van der Waals surface area (Å²) < 4.78 is 1.56. The molecule has 6 nitrogen and oxygen atoms in total. The summed E-state index contributed by atoms with van der Waals surface area (Å²) in [6.45, 7) is 6.16. The Morgan fingerprint density at radius 1 is 1.11 bits per heavy atom. The number of carbonyl (C=O) groups excluding carboxylic acids is 1. The van der Waals surface area contributed by atoms with Crippen LogP contribution in [0.15, 0.2) is 42.7 Å². The zero-order valence-corrected chi connectivity index (χ0v) is 16.3. The molecule has 1 aliphatic carbocycles. The van der Waals surface area contributed by atoms with E-state index in [1.54, 1.807) is 23.0 Å². The van der Waals surface area contributed by atoms with Crippen molar-refractivity contribution < 1.29 is 4.79 Å². The lowest BCUT2D eigenvalue weighted by Gasteiger charge is -2.21. The minimum Gasteiger partial charge on any atom is -0.335 e. The van der Waals surface area contributed by atoms with Gasteiger partial charge in [-0.3, -0.25) is 4.79 Å². The Bertz CT molecular complexity index is 979. The number of benzene rings is 1. The van der Waals surface area contributed by atoms with Gasteiger partial charge in [0.15, 0.2) is 0 Å². The normalized spacial score (nSPS) is 24.2. The number of fused-ring (bicyclic) bond motifs is 2. The maximum absolute atomic E-state index is 12.9. The average Bonchev–Trinajstić information content (AvgIpc) is 3.39. The molecule has 0 N–H and O–H groups in total. The maximum Gasteiger partial charge on any atom is 0.293 e. The Hall–Kier alpha value is -2.76. The summed E-state index contributed by atoms with van der Waals surface area (Å²) in [6, 6.07) is 10.7. The molecular weight excluding hydrogens is 350 g/mol. The number of rotatable bonds is 3. The lowest BCUT2D eigenvalue weighted by molar-refractivity contribution is 0.0768. The third kappa shape index (κ3) is 2.87. The van der Waals surface area contributed by atoms with Crippen molar-refractivity contribution in [3.8, 4) is 0 Å². The van der Waals surface area contributed by atoms with Crippen LogP contribution < -0.4 is 0 Å². The second-order valence-corrected chi connectivity index (χ2v) is 8.48. The Labute approximate surface area is 164 Å². The van der Waals surface area contributed by atoms with Crippen LogP contribution in [-0.4, -0.2) is 43.5 Å². The molecule has 0 bridgehead atoms. The van der Waals surface area contributed by atoms with Crippen LogP contribution in [0.1, 0.15) is 60.3 Å². The smallest absolute Gasteiger partial charge is 0.293 e. The molecule has 1 aromatic carbocycles.